The Kier molecular flexibility index (Phi) is 4.11. The van der Waals surface area contributed by atoms with Crippen molar-refractivity contribution in [2.75, 3.05) is 5.73 Å². The van der Waals surface area contributed by atoms with Crippen LogP contribution >= 0.6 is 0 Å². The van der Waals surface area contributed by atoms with Gasteiger partial charge in [0.05, 0.1) is 0 Å². The minimum atomic E-state index is -0.586. The van der Waals surface area contributed by atoms with Crippen molar-refractivity contribution in [3.63, 3.8) is 0 Å². The predicted octanol–water partition coefficient (Wildman–Crippen LogP) is 2.26. The molecule has 3 heterocycles. The van der Waals surface area contributed by atoms with E-state index in [0.29, 0.717) is 33.6 Å². The molecule has 0 fully saturated rings. The molecule has 4 aromatic rings. The average Bonchev–Trinajstić information content (AvgIpc) is 3.03. The predicted molar refractivity (Wildman–Crippen MR) is 101 cm³/mol. The number of nitrogens with zero attached hydrogens (tertiary/aromatic N) is 4. The van der Waals surface area contributed by atoms with Crippen LogP contribution in [0.15, 0.2) is 41.2 Å². The zero-order valence-corrected chi connectivity index (χ0v) is 14.3. The van der Waals surface area contributed by atoms with Gasteiger partial charge in [-0.15, -0.1) is 0 Å². The van der Waals surface area contributed by atoms with Crippen LogP contribution in [0.2, 0.25) is 0 Å². The number of rotatable bonds is 4. The summed E-state index contributed by atoms with van der Waals surface area (Å²) in [4.78, 5) is 16.1. The van der Waals surface area contributed by atoms with E-state index >= 15 is 0 Å². The van der Waals surface area contributed by atoms with E-state index in [9.17, 15) is 4.39 Å². The fourth-order valence-electron chi connectivity index (χ4n) is 2.72. The summed E-state index contributed by atoms with van der Waals surface area (Å²) in [5.74, 6) is -0.348. The number of ether oxygens (including phenoxy) is 1. The number of furan rings is 1. The van der Waals surface area contributed by atoms with Gasteiger partial charge in [-0.3, -0.25) is 0 Å². The summed E-state index contributed by atoms with van der Waals surface area (Å²) >= 11 is 0. The van der Waals surface area contributed by atoms with Gasteiger partial charge in [0.15, 0.2) is 0 Å². The fourth-order valence-corrected chi connectivity index (χ4v) is 2.72. The summed E-state index contributed by atoms with van der Waals surface area (Å²) in [6.45, 7) is 7.03. The molecule has 0 saturated heterocycles. The monoisotopic (exact) mass is 361 g/mol. The summed E-state index contributed by atoms with van der Waals surface area (Å²) < 4.78 is 25.7. The number of aromatic nitrogens is 4. The van der Waals surface area contributed by atoms with Gasteiger partial charge in [-0.25, -0.2) is 0 Å². The number of halogens is 1. The Labute approximate surface area is 154 Å². The Balaban J connectivity index is 1.79. The second kappa shape index (κ2) is 6.60. The number of nitrogen functional groups attached to an aromatic ring is 1. The van der Waals surface area contributed by atoms with Crippen molar-refractivity contribution in [1.29, 1.82) is 0 Å². The molecule has 0 atom stereocenters. The number of aryl methyl sites for hydroxylation is 1. The number of nitrogens with two attached hydrogens (primary N) is 1. The van der Waals surface area contributed by atoms with Gasteiger partial charge in [-0.2, -0.15) is 0 Å². The van der Waals surface area contributed by atoms with Crippen molar-refractivity contribution in [2.24, 2.45) is 0 Å². The van der Waals surface area contributed by atoms with E-state index in [1.807, 2.05) is 0 Å². The summed E-state index contributed by atoms with van der Waals surface area (Å²) in [6.07, 6.45) is 2.85. The molecule has 3 aromatic heterocycles. The Morgan fingerprint density at radius 3 is 2.81 bits per heavy atom. The van der Waals surface area contributed by atoms with E-state index in [2.05, 4.69) is 26.4 Å². The van der Waals surface area contributed by atoms with Crippen molar-refractivity contribution in [3.8, 4) is 22.9 Å². The third-order valence-corrected chi connectivity index (χ3v) is 3.92. The molecule has 27 heavy (non-hydrogen) atoms. The van der Waals surface area contributed by atoms with Crippen LogP contribution in [0.3, 0.4) is 0 Å². The minimum absolute atomic E-state index is 0.00141. The first-order valence-corrected chi connectivity index (χ1v) is 7.99. The van der Waals surface area contributed by atoms with Crippen LogP contribution in [0.4, 0.5) is 10.2 Å². The number of benzene rings is 1. The van der Waals surface area contributed by atoms with E-state index in [-0.39, 0.29) is 17.6 Å². The van der Waals surface area contributed by atoms with Crippen LogP contribution in [-0.4, -0.2) is 33.3 Å². The van der Waals surface area contributed by atoms with E-state index in [1.54, 1.807) is 25.3 Å². The molecule has 0 saturated carbocycles. The van der Waals surface area contributed by atoms with Gasteiger partial charge >= 0.3 is 153 Å². The van der Waals surface area contributed by atoms with Gasteiger partial charge in [0.25, 0.3) is 0 Å². The first kappa shape index (κ1) is 16.8. The molecule has 0 bridgehead atoms. The van der Waals surface area contributed by atoms with Gasteiger partial charge in [0.1, 0.15) is 0 Å². The molecule has 0 spiro atoms. The van der Waals surface area contributed by atoms with Gasteiger partial charge in [-0.1, -0.05) is 0 Å². The van der Waals surface area contributed by atoms with Crippen LogP contribution in [0.25, 0.3) is 22.2 Å². The molecule has 1 aromatic carbocycles. The quantitative estimate of drug-likeness (QED) is 0.557. The van der Waals surface area contributed by atoms with Gasteiger partial charge < -0.3 is 0 Å². The van der Waals surface area contributed by atoms with Crippen molar-refractivity contribution in [2.45, 2.75) is 6.92 Å². The summed E-state index contributed by atoms with van der Waals surface area (Å²) in [5, 5.41) is 0.502. The molecule has 0 aliphatic heterocycles. The zero-order valence-electron chi connectivity index (χ0n) is 14.3. The van der Waals surface area contributed by atoms with Crippen molar-refractivity contribution < 1.29 is 13.5 Å². The molecule has 9 heteroatoms. The molecular weight excluding hydrogens is 348 g/mol. The van der Waals surface area contributed by atoms with Crippen LogP contribution in [-0.2, 0) is 0 Å². The van der Waals surface area contributed by atoms with E-state index in [0.717, 1.165) is 0 Å². The molecular formula is C18H13BFN5O2. The van der Waals surface area contributed by atoms with Crippen LogP contribution < -0.4 is 16.1 Å². The Bertz CT molecular complexity index is 1180. The third-order valence-electron chi connectivity index (χ3n) is 3.92. The second-order valence-corrected chi connectivity index (χ2v) is 5.71. The maximum absolute atomic E-state index is 14.7. The number of hydrogen-bond acceptors (Lipinski definition) is 7. The molecule has 0 unspecified atom stereocenters. The Hall–Kier alpha value is -3.62. The summed E-state index contributed by atoms with van der Waals surface area (Å²) in [5.41, 5.74) is 8.51. The molecule has 7 nitrogen and oxygen atoms in total. The van der Waals surface area contributed by atoms with Gasteiger partial charge in [-0.05, 0) is 0 Å². The van der Waals surface area contributed by atoms with Crippen LogP contribution in [0, 0.1) is 12.7 Å². The van der Waals surface area contributed by atoms with Gasteiger partial charge in [0.2, 0.25) is 0 Å². The van der Waals surface area contributed by atoms with Gasteiger partial charge in [0, 0.05) is 0 Å². The first-order valence-electron chi connectivity index (χ1n) is 7.99. The zero-order chi connectivity index (χ0) is 19.0. The number of hydrogen-bond donors (Lipinski definition) is 1. The molecule has 132 valence electrons. The average molecular weight is 361 g/mol. The van der Waals surface area contributed by atoms with Crippen molar-refractivity contribution in [1.82, 2.24) is 19.9 Å². The molecule has 0 amide bonds. The normalized spacial score (nSPS) is 10.7. The topological polar surface area (TPSA) is 100.0 Å². The van der Waals surface area contributed by atoms with Crippen LogP contribution in [0.5, 0.6) is 11.8 Å². The molecule has 0 aliphatic carbocycles. The third kappa shape index (κ3) is 3.03. The second-order valence-electron chi connectivity index (χ2n) is 5.71. The summed E-state index contributed by atoms with van der Waals surface area (Å²) in [6, 6.07) is 6.27. The maximum atomic E-state index is 14.7. The van der Waals surface area contributed by atoms with E-state index in [1.165, 1.54) is 25.4 Å². The standard InChI is InChI=1S/C18H13BFN5O2/c1-9-5-6-22-18(25-9)26-12-4-3-10(7-11(12)20)13-14-16(21)23-8-24-17(14)27-15(13)19-2/h3-8H,2H2,1H3,(H2,21,23,24). The Morgan fingerprint density at radius 1 is 1.22 bits per heavy atom. The molecule has 0 radical (unpaired) electrons. The summed E-state index contributed by atoms with van der Waals surface area (Å²) in [7, 11) is 0. The Morgan fingerprint density at radius 2 is 2.07 bits per heavy atom. The van der Waals surface area contributed by atoms with E-state index in [4.69, 9.17) is 14.9 Å². The first-order chi connectivity index (χ1) is 13.1. The SMILES string of the molecule is C=Bc1oc2ncnc(N)c2c1-c1ccc(Oc2nccc(C)n2)c(F)c1. The molecule has 2 N–H and O–H groups in total. The molecule has 0 aliphatic rings. The van der Waals surface area contributed by atoms with Crippen LogP contribution in [0.1, 0.15) is 5.69 Å². The molecule has 4 rings (SSSR count). The van der Waals surface area contributed by atoms with Crippen molar-refractivity contribution in [3.05, 3.63) is 48.3 Å². The fraction of sp³-hybridized carbons (Fsp3) is 0.0556. The van der Waals surface area contributed by atoms with Crippen molar-refractivity contribution >= 4 is 36.0 Å². The number of anilines is 1. The van der Waals surface area contributed by atoms with E-state index < -0.39 is 5.82 Å². The number of fused-ring (bicyclic) bond motifs is 1.